The second kappa shape index (κ2) is 7.02. The summed E-state index contributed by atoms with van der Waals surface area (Å²) in [5.41, 5.74) is 5.10. The lowest BCUT2D eigenvalue weighted by molar-refractivity contribution is 0.306. The number of benzene rings is 3. The van der Waals surface area contributed by atoms with E-state index in [1.54, 1.807) is 0 Å². The van der Waals surface area contributed by atoms with Gasteiger partial charge >= 0.3 is 0 Å². The minimum absolute atomic E-state index is 0.543. The van der Waals surface area contributed by atoms with Gasteiger partial charge in [-0.3, -0.25) is 0 Å². The number of hydrogen-bond donors (Lipinski definition) is 1. The maximum absolute atomic E-state index is 6.08. The van der Waals surface area contributed by atoms with Crippen LogP contribution in [0.5, 0.6) is 5.75 Å². The molecule has 2 heterocycles. The Morgan fingerprint density at radius 3 is 2.68 bits per heavy atom. The molecule has 0 radical (unpaired) electrons. The van der Waals surface area contributed by atoms with Gasteiger partial charge in [-0.25, -0.2) is 4.98 Å². The van der Waals surface area contributed by atoms with Crippen molar-refractivity contribution in [3.05, 3.63) is 95.6 Å². The third-order valence-electron chi connectivity index (χ3n) is 4.83. The van der Waals surface area contributed by atoms with E-state index in [1.165, 1.54) is 0 Å². The van der Waals surface area contributed by atoms with Crippen molar-refractivity contribution in [2.24, 2.45) is 0 Å². The van der Waals surface area contributed by atoms with Gasteiger partial charge in [-0.1, -0.05) is 48.0 Å². The van der Waals surface area contributed by atoms with Crippen LogP contribution in [-0.4, -0.2) is 9.97 Å². The van der Waals surface area contributed by atoms with Crippen LogP contribution < -0.4 is 4.74 Å². The zero-order valence-electron chi connectivity index (χ0n) is 15.0. The van der Waals surface area contributed by atoms with Gasteiger partial charge in [-0.05, 0) is 48.0 Å². The van der Waals surface area contributed by atoms with E-state index in [2.05, 4.69) is 29.2 Å². The second-order valence-electron chi connectivity index (χ2n) is 6.72. The number of hydrogen-bond acceptors (Lipinski definition) is 2. The van der Waals surface area contributed by atoms with Gasteiger partial charge in [0.1, 0.15) is 12.4 Å². The lowest BCUT2D eigenvalue weighted by Gasteiger charge is -2.07. The Bertz CT molecular complexity index is 1280. The minimum atomic E-state index is 0.543. The Labute approximate surface area is 167 Å². The van der Waals surface area contributed by atoms with E-state index in [0.29, 0.717) is 11.6 Å². The zero-order valence-corrected chi connectivity index (χ0v) is 15.8. The monoisotopic (exact) mass is 384 g/mol. The molecule has 5 rings (SSSR count). The molecule has 0 fully saturated rings. The molecule has 0 saturated carbocycles. The van der Waals surface area contributed by atoms with Crippen LogP contribution in [0.4, 0.5) is 0 Å². The molecule has 0 aliphatic heterocycles. The van der Waals surface area contributed by atoms with E-state index >= 15 is 0 Å². The molecule has 2 aromatic heterocycles. The molecule has 0 saturated heterocycles. The highest BCUT2D eigenvalue weighted by atomic mass is 35.5. The molecule has 0 aliphatic carbocycles. The summed E-state index contributed by atoms with van der Waals surface area (Å²) >= 11 is 6.08. The molecule has 0 unspecified atom stereocenters. The quantitative estimate of drug-likeness (QED) is 0.378. The maximum Gasteiger partial charge on any atom is 0.120 e. The van der Waals surface area contributed by atoms with Gasteiger partial charge in [0.25, 0.3) is 0 Å². The van der Waals surface area contributed by atoms with Crippen molar-refractivity contribution < 1.29 is 4.74 Å². The molecule has 3 nitrogen and oxygen atoms in total. The summed E-state index contributed by atoms with van der Waals surface area (Å²) in [6.07, 6.45) is 2.00. The van der Waals surface area contributed by atoms with E-state index in [1.807, 2.05) is 60.8 Å². The number of halogens is 1. The number of nitrogens with one attached hydrogen (secondary N) is 1. The van der Waals surface area contributed by atoms with Crippen molar-refractivity contribution >= 4 is 33.4 Å². The highest BCUT2D eigenvalue weighted by molar-refractivity contribution is 6.31. The van der Waals surface area contributed by atoms with Gasteiger partial charge in [0.2, 0.25) is 0 Å². The topological polar surface area (TPSA) is 37.9 Å². The van der Waals surface area contributed by atoms with Crippen LogP contribution in [0.25, 0.3) is 33.1 Å². The summed E-state index contributed by atoms with van der Waals surface area (Å²) in [4.78, 5) is 8.14. The third-order valence-corrected chi connectivity index (χ3v) is 5.06. The molecule has 28 heavy (non-hydrogen) atoms. The van der Waals surface area contributed by atoms with Gasteiger partial charge in [0.15, 0.2) is 0 Å². The van der Waals surface area contributed by atoms with Crippen LogP contribution in [-0.2, 0) is 6.61 Å². The SMILES string of the molecule is Clc1ccc2nc(-c3c[nH]c4ccc(OCc5ccccc5)cc34)ccc2c1. The van der Waals surface area contributed by atoms with Crippen molar-refractivity contribution in [1.29, 1.82) is 0 Å². The fourth-order valence-electron chi connectivity index (χ4n) is 3.39. The number of aromatic amines is 1. The average molecular weight is 385 g/mol. The second-order valence-corrected chi connectivity index (χ2v) is 7.15. The molecule has 0 amide bonds. The van der Waals surface area contributed by atoms with E-state index in [0.717, 1.165) is 44.4 Å². The van der Waals surface area contributed by atoms with Crippen molar-refractivity contribution in [1.82, 2.24) is 9.97 Å². The first kappa shape index (κ1) is 16.8. The highest BCUT2D eigenvalue weighted by Crippen LogP contribution is 2.32. The average Bonchev–Trinajstić information content (AvgIpc) is 3.16. The number of fused-ring (bicyclic) bond motifs is 2. The van der Waals surface area contributed by atoms with Crippen LogP contribution in [0.3, 0.4) is 0 Å². The molecule has 136 valence electrons. The molecule has 1 N–H and O–H groups in total. The first-order valence-corrected chi connectivity index (χ1v) is 9.49. The summed E-state index contributed by atoms with van der Waals surface area (Å²) in [7, 11) is 0. The largest absolute Gasteiger partial charge is 0.489 e. The molecule has 0 aliphatic rings. The Balaban J connectivity index is 1.50. The van der Waals surface area contributed by atoms with Crippen molar-refractivity contribution in [2.75, 3.05) is 0 Å². The predicted molar refractivity (Wildman–Crippen MR) is 115 cm³/mol. The molecular formula is C24H17ClN2O. The molecule has 3 aromatic carbocycles. The molecule has 0 bridgehead atoms. The van der Waals surface area contributed by atoms with Crippen LogP contribution >= 0.6 is 11.6 Å². The van der Waals surface area contributed by atoms with Gasteiger partial charge in [-0.15, -0.1) is 0 Å². The summed E-state index contributed by atoms with van der Waals surface area (Å²) in [6.45, 7) is 0.543. The van der Waals surface area contributed by atoms with Crippen LogP contribution in [0, 0.1) is 0 Å². The van der Waals surface area contributed by atoms with E-state index in [4.69, 9.17) is 21.3 Å². The lowest BCUT2D eigenvalue weighted by Crippen LogP contribution is -1.94. The maximum atomic E-state index is 6.08. The molecule has 0 spiro atoms. The van der Waals surface area contributed by atoms with Crippen molar-refractivity contribution in [3.8, 4) is 17.0 Å². The highest BCUT2D eigenvalue weighted by Gasteiger charge is 2.10. The van der Waals surface area contributed by atoms with E-state index < -0.39 is 0 Å². The van der Waals surface area contributed by atoms with Crippen LogP contribution in [0.2, 0.25) is 5.02 Å². The number of rotatable bonds is 4. The first-order chi connectivity index (χ1) is 13.8. The zero-order chi connectivity index (χ0) is 18.9. The fourth-order valence-corrected chi connectivity index (χ4v) is 3.57. The van der Waals surface area contributed by atoms with E-state index in [-0.39, 0.29) is 0 Å². The molecule has 4 heteroatoms. The molecular weight excluding hydrogens is 368 g/mol. The summed E-state index contributed by atoms with van der Waals surface area (Å²) in [5, 5.41) is 2.84. The van der Waals surface area contributed by atoms with Crippen molar-refractivity contribution in [3.63, 3.8) is 0 Å². The smallest absolute Gasteiger partial charge is 0.120 e. The molecule has 0 atom stereocenters. The lowest BCUT2D eigenvalue weighted by atomic mass is 10.1. The number of ether oxygens (including phenoxy) is 1. The van der Waals surface area contributed by atoms with Crippen molar-refractivity contribution in [2.45, 2.75) is 6.61 Å². The Hall–Kier alpha value is -3.30. The Morgan fingerprint density at radius 2 is 1.79 bits per heavy atom. The number of pyridine rings is 1. The first-order valence-electron chi connectivity index (χ1n) is 9.11. The summed E-state index contributed by atoms with van der Waals surface area (Å²) in [5.74, 6) is 0.838. The third kappa shape index (κ3) is 3.21. The fraction of sp³-hybridized carbons (Fsp3) is 0.0417. The number of nitrogens with zero attached hydrogens (tertiary/aromatic N) is 1. The standard InChI is InChI=1S/C24H17ClN2O/c25-18-7-10-22-17(12-18)6-9-24(27-22)21-14-26-23-11-8-19(13-20(21)23)28-15-16-4-2-1-3-5-16/h1-14,26H,15H2. The Morgan fingerprint density at radius 1 is 0.893 bits per heavy atom. The van der Waals surface area contributed by atoms with Gasteiger partial charge in [-0.2, -0.15) is 0 Å². The predicted octanol–water partition coefficient (Wildman–Crippen LogP) is 6.62. The Kier molecular flexibility index (Phi) is 4.22. The van der Waals surface area contributed by atoms with Gasteiger partial charge in [0.05, 0.1) is 11.2 Å². The van der Waals surface area contributed by atoms with Crippen LogP contribution in [0.15, 0.2) is 85.1 Å². The summed E-state index contributed by atoms with van der Waals surface area (Å²) in [6, 6.07) is 26.1. The number of aromatic nitrogens is 2. The summed E-state index contributed by atoms with van der Waals surface area (Å²) < 4.78 is 5.99. The van der Waals surface area contributed by atoms with Crippen LogP contribution in [0.1, 0.15) is 5.56 Å². The molecule has 5 aromatic rings. The minimum Gasteiger partial charge on any atom is -0.489 e. The van der Waals surface area contributed by atoms with Gasteiger partial charge < -0.3 is 9.72 Å². The normalized spacial score (nSPS) is 11.2. The van der Waals surface area contributed by atoms with E-state index in [9.17, 15) is 0 Å². The van der Waals surface area contributed by atoms with Gasteiger partial charge in [0, 0.05) is 33.1 Å². The number of H-pyrrole nitrogens is 1.